The van der Waals surface area contributed by atoms with Gasteiger partial charge in [0.25, 0.3) is 5.91 Å². The van der Waals surface area contributed by atoms with Crippen molar-refractivity contribution < 1.29 is 4.79 Å². The molecule has 3 N–H and O–H groups in total. The topological polar surface area (TPSA) is 73.6 Å². The number of benzene rings is 2. The molecule has 0 bridgehead atoms. The van der Waals surface area contributed by atoms with Gasteiger partial charge in [-0.2, -0.15) is 5.10 Å². The van der Waals surface area contributed by atoms with E-state index < -0.39 is 0 Å². The molecule has 152 valence electrons. The highest BCUT2D eigenvalue weighted by Crippen LogP contribution is 2.38. The summed E-state index contributed by atoms with van der Waals surface area (Å²) in [6, 6.07) is 17.8. The highest BCUT2D eigenvalue weighted by Gasteiger charge is 2.29. The lowest BCUT2D eigenvalue weighted by atomic mass is 9.76. The third kappa shape index (κ3) is 3.52. The molecule has 5 rings (SSSR count). The molecule has 1 aliphatic rings. The number of hydrogen-bond donors (Lipinski definition) is 3. The number of nitrogens with zero attached hydrogens (tertiary/aromatic N) is 1. The zero-order valence-electron chi connectivity index (χ0n) is 17.4. The molecule has 0 unspecified atom stereocenters. The number of carbonyl (C=O) groups excluding carboxylic acids is 1. The maximum absolute atomic E-state index is 12.6. The molecule has 0 aliphatic heterocycles. The second-order valence-electron chi connectivity index (χ2n) is 9.02. The number of H-pyrrole nitrogens is 2. The van der Waals surface area contributed by atoms with E-state index in [2.05, 4.69) is 40.4 Å². The van der Waals surface area contributed by atoms with Crippen LogP contribution >= 0.6 is 0 Å². The molecule has 1 aliphatic carbocycles. The van der Waals surface area contributed by atoms with Gasteiger partial charge in [-0.25, -0.2) is 0 Å². The van der Waals surface area contributed by atoms with E-state index in [-0.39, 0.29) is 5.91 Å². The van der Waals surface area contributed by atoms with Crippen LogP contribution in [0.3, 0.4) is 0 Å². The summed E-state index contributed by atoms with van der Waals surface area (Å²) in [6.45, 7) is 5.14. The van der Waals surface area contributed by atoms with Crippen LogP contribution in [0.4, 0.5) is 0 Å². The van der Waals surface area contributed by atoms with Crippen LogP contribution in [-0.2, 0) is 19.4 Å². The average Bonchev–Trinajstić information content (AvgIpc) is 3.34. The van der Waals surface area contributed by atoms with Crippen molar-refractivity contribution in [3.63, 3.8) is 0 Å². The van der Waals surface area contributed by atoms with Gasteiger partial charge >= 0.3 is 0 Å². The first-order valence-corrected chi connectivity index (χ1v) is 10.5. The van der Waals surface area contributed by atoms with Crippen LogP contribution in [0.2, 0.25) is 0 Å². The van der Waals surface area contributed by atoms with Crippen LogP contribution in [0, 0.1) is 5.41 Å². The second kappa shape index (κ2) is 7.17. The van der Waals surface area contributed by atoms with Crippen molar-refractivity contribution in [3.8, 4) is 11.4 Å². The van der Waals surface area contributed by atoms with E-state index in [9.17, 15) is 4.79 Å². The zero-order valence-corrected chi connectivity index (χ0v) is 17.4. The number of hydrogen-bond acceptors (Lipinski definition) is 2. The van der Waals surface area contributed by atoms with Gasteiger partial charge in [0.1, 0.15) is 5.69 Å². The monoisotopic (exact) mass is 398 g/mol. The predicted molar refractivity (Wildman–Crippen MR) is 119 cm³/mol. The first-order chi connectivity index (χ1) is 14.5. The van der Waals surface area contributed by atoms with Gasteiger partial charge in [0, 0.05) is 34.3 Å². The summed E-state index contributed by atoms with van der Waals surface area (Å²) in [5.74, 6) is -0.0668. The molecule has 5 nitrogen and oxygen atoms in total. The van der Waals surface area contributed by atoms with Crippen LogP contribution in [0.5, 0.6) is 0 Å². The molecular weight excluding hydrogens is 372 g/mol. The van der Waals surface area contributed by atoms with Gasteiger partial charge < -0.3 is 10.3 Å². The Morgan fingerprint density at radius 3 is 2.80 bits per heavy atom. The third-order valence-electron chi connectivity index (χ3n) is 6.09. The van der Waals surface area contributed by atoms with Crippen molar-refractivity contribution in [1.82, 2.24) is 20.5 Å². The number of carbonyl (C=O) groups is 1. The zero-order chi connectivity index (χ0) is 20.7. The number of fused-ring (bicyclic) bond motifs is 2. The Labute approximate surface area is 175 Å². The smallest absolute Gasteiger partial charge is 0.251 e. The van der Waals surface area contributed by atoms with E-state index in [1.165, 1.54) is 17.7 Å². The van der Waals surface area contributed by atoms with Crippen LogP contribution in [0.15, 0.2) is 54.6 Å². The average molecular weight is 399 g/mol. The molecule has 2 aromatic carbocycles. The molecule has 30 heavy (non-hydrogen) atoms. The number of aromatic nitrogens is 3. The minimum absolute atomic E-state index is 0.0668. The molecule has 0 fully saturated rings. The van der Waals surface area contributed by atoms with Crippen molar-refractivity contribution in [2.45, 2.75) is 39.7 Å². The third-order valence-corrected chi connectivity index (χ3v) is 6.09. The Morgan fingerprint density at radius 2 is 1.97 bits per heavy atom. The lowest BCUT2D eigenvalue weighted by Crippen LogP contribution is -2.22. The predicted octanol–water partition coefficient (Wildman–Crippen LogP) is 5.00. The minimum Gasteiger partial charge on any atom is -0.353 e. The summed E-state index contributed by atoms with van der Waals surface area (Å²) in [6.07, 6.45) is 3.23. The van der Waals surface area contributed by atoms with Gasteiger partial charge in [0.2, 0.25) is 0 Å². The van der Waals surface area contributed by atoms with Crippen LogP contribution in [0.1, 0.15) is 47.4 Å². The van der Waals surface area contributed by atoms with Gasteiger partial charge in [-0.05, 0) is 54.5 Å². The molecule has 0 atom stereocenters. The molecule has 5 heteroatoms. The van der Waals surface area contributed by atoms with Crippen molar-refractivity contribution in [3.05, 3.63) is 77.0 Å². The van der Waals surface area contributed by atoms with Crippen molar-refractivity contribution in [2.24, 2.45) is 5.41 Å². The van der Waals surface area contributed by atoms with Gasteiger partial charge in [0.05, 0.1) is 5.69 Å². The van der Waals surface area contributed by atoms with Crippen LogP contribution in [-0.4, -0.2) is 21.1 Å². The molecular formula is C25H26N4O. The number of rotatable bonds is 4. The molecule has 4 aromatic rings. The number of nitrogens with one attached hydrogen (secondary N) is 3. The van der Waals surface area contributed by atoms with E-state index in [1.54, 1.807) is 0 Å². The quantitative estimate of drug-likeness (QED) is 0.452. The molecule has 0 spiro atoms. The van der Waals surface area contributed by atoms with Crippen molar-refractivity contribution in [1.29, 1.82) is 0 Å². The Balaban J connectivity index is 1.38. The van der Waals surface area contributed by atoms with E-state index >= 15 is 0 Å². The first kappa shape index (κ1) is 18.7. The highest BCUT2D eigenvalue weighted by molar-refractivity contribution is 5.99. The molecule has 2 heterocycles. The van der Waals surface area contributed by atoms with E-state index in [0.717, 1.165) is 40.7 Å². The fourth-order valence-corrected chi connectivity index (χ4v) is 4.35. The van der Waals surface area contributed by atoms with Crippen LogP contribution < -0.4 is 5.32 Å². The van der Waals surface area contributed by atoms with E-state index in [4.69, 9.17) is 0 Å². The van der Waals surface area contributed by atoms with E-state index in [0.29, 0.717) is 17.5 Å². The summed E-state index contributed by atoms with van der Waals surface area (Å²) in [7, 11) is 0. The Hall–Kier alpha value is -3.34. The van der Waals surface area contributed by atoms with Crippen molar-refractivity contribution in [2.75, 3.05) is 0 Å². The fourth-order valence-electron chi connectivity index (χ4n) is 4.35. The SMILES string of the molecule is CC1(C)CCc2c(-c3cc4cc(C(=O)NCc5ccccc5)ccc4[nH]3)n[nH]c2C1. The largest absolute Gasteiger partial charge is 0.353 e. The standard InChI is InChI=1S/C25H26N4O/c1-25(2)11-10-19-22(14-25)28-29-23(19)21-13-18-12-17(8-9-20(18)27-21)24(30)26-15-16-6-4-3-5-7-16/h3-9,12-13,27H,10-11,14-15H2,1-2H3,(H,26,30)(H,28,29). The summed E-state index contributed by atoms with van der Waals surface area (Å²) >= 11 is 0. The summed E-state index contributed by atoms with van der Waals surface area (Å²) in [5.41, 5.74) is 7.66. The summed E-state index contributed by atoms with van der Waals surface area (Å²) in [4.78, 5) is 16.1. The maximum Gasteiger partial charge on any atom is 0.251 e. The van der Waals surface area contributed by atoms with Gasteiger partial charge in [-0.1, -0.05) is 44.2 Å². The van der Waals surface area contributed by atoms with Crippen LogP contribution in [0.25, 0.3) is 22.3 Å². The molecule has 2 aromatic heterocycles. The Kier molecular flexibility index (Phi) is 4.46. The highest BCUT2D eigenvalue weighted by atomic mass is 16.1. The first-order valence-electron chi connectivity index (χ1n) is 10.5. The lowest BCUT2D eigenvalue weighted by Gasteiger charge is -2.28. The molecule has 0 saturated heterocycles. The summed E-state index contributed by atoms with van der Waals surface area (Å²) in [5, 5.41) is 11.9. The fraction of sp³-hybridized carbons (Fsp3) is 0.280. The van der Waals surface area contributed by atoms with Gasteiger partial charge in [0.15, 0.2) is 0 Å². The number of amides is 1. The molecule has 0 saturated carbocycles. The second-order valence-corrected chi connectivity index (χ2v) is 9.02. The molecule has 0 radical (unpaired) electrons. The Bertz CT molecular complexity index is 1220. The summed E-state index contributed by atoms with van der Waals surface area (Å²) < 4.78 is 0. The minimum atomic E-state index is -0.0668. The Morgan fingerprint density at radius 1 is 1.13 bits per heavy atom. The normalized spacial score (nSPS) is 15.1. The van der Waals surface area contributed by atoms with E-state index in [1.807, 2.05) is 48.5 Å². The lowest BCUT2D eigenvalue weighted by molar-refractivity contribution is 0.0951. The van der Waals surface area contributed by atoms with Gasteiger partial charge in [-0.3, -0.25) is 9.89 Å². The molecule has 1 amide bonds. The van der Waals surface area contributed by atoms with Crippen molar-refractivity contribution >= 4 is 16.8 Å². The maximum atomic E-state index is 12.6. The van der Waals surface area contributed by atoms with Gasteiger partial charge in [-0.15, -0.1) is 0 Å². The number of aromatic amines is 2.